The number of benzene rings is 1. The molecule has 3 saturated heterocycles. The SMILES string of the molecule is C=CCCCCOC(=O)[C@@H]1[C@H]2C(=O)N(CCCCCCO)C(C(=O)N(CC=C)c3cc(C)ccc3C)C23CC[C@H]1O3. The number of aliphatic hydroxyl groups is 1. The van der Waals surface area contributed by atoms with Crippen LogP contribution in [0.1, 0.15) is 68.9 Å². The summed E-state index contributed by atoms with van der Waals surface area (Å²) >= 11 is 0. The number of esters is 1. The van der Waals surface area contributed by atoms with Gasteiger partial charge in [-0.05, 0) is 76.0 Å². The summed E-state index contributed by atoms with van der Waals surface area (Å²) in [5.74, 6) is -2.25. The molecule has 0 radical (unpaired) electrons. The Labute approximate surface area is 244 Å². The van der Waals surface area contributed by atoms with E-state index in [4.69, 9.17) is 9.47 Å². The third-order valence-corrected chi connectivity index (χ3v) is 8.89. The molecule has 1 N–H and O–H groups in total. The highest BCUT2D eigenvalue weighted by Crippen LogP contribution is 2.59. The number of anilines is 1. The number of unbranched alkanes of at least 4 members (excludes halogenated alkanes) is 5. The first-order chi connectivity index (χ1) is 19.8. The van der Waals surface area contributed by atoms with E-state index in [9.17, 15) is 19.5 Å². The monoisotopic (exact) mass is 566 g/mol. The van der Waals surface area contributed by atoms with Gasteiger partial charge in [0.2, 0.25) is 5.91 Å². The molecule has 0 aromatic heterocycles. The average molecular weight is 567 g/mol. The minimum atomic E-state index is -1.06. The molecule has 5 atom stereocenters. The van der Waals surface area contributed by atoms with Gasteiger partial charge in [-0.1, -0.05) is 37.1 Å². The average Bonchev–Trinajstić information content (AvgIpc) is 3.60. The van der Waals surface area contributed by atoms with Crippen molar-refractivity contribution in [3.63, 3.8) is 0 Å². The second kappa shape index (κ2) is 13.8. The quantitative estimate of drug-likeness (QED) is 0.178. The van der Waals surface area contributed by atoms with E-state index in [-0.39, 0.29) is 18.4 Å². The summed E-state index contributed by atoms with van der Waals surface area (Å²) in [6.07, 6.45) is 9.81. The topological polar surface area (TPSA) is 96.4 Å². The van der Waals surface area contributed by atoms with E-state index in [0.717, 1.165) is 48.9 Å². The third kappa shape index (κ3) is 6.14. The predicted molar refractivity (Wildman–Crippen MR) is 158 cm³/mol. The van der Waals surface area contributed by atoms with Crippen molar-refractivity contribution in [2.75, 3.05) is 31.2 Å². The summed E-state index contributed by atoms with van der Waals surface area (Å²) in [7, 11) is 0. The van der Waals surface area contributed by atoms with Crippen molar-refractivity contribution in [2.45, 2.75) is 89.4 Å². The van der Waals surface area contributed by atoms with E-state index in [1.165, 1.54) is 0 Å². The molecule has 3 aliphatic rings. The molecule has 224 valence electrons. The summed E-state index contributed by atoms with van der Waals surface area (Å²) < 4.78 is 12.2. The third-order valence-electron chi connectivity index (χ3n) is 8.89. The molecule has 8 heteroatoms. The number of allylic oxidation sites excluding steroid dienone is 1. The van der Waals surface area contributed by atoms with Crippen molar-refractivity contribution in [2.24, 2.45) is 11.8 Å². The van der Waals surface area contributed by atoms with E-state index in [0.29, 0.717) is 45.4 Å². The van der Waals surface area contributed by atoms with Crippen LogP contribution in [0, 0.1) is 25.7 Å². The Kier molecular flexibility index (Phi) is 10.4. The van der Waals surface area contributed by atoms with Gasteiger partial charge in [0, 0.05) is 25.4 Å². The number of carbonyl (C=O) groups is 3. The largest absolute Gasteiger partial charge is 0.465 e. The van der Waals surface area contributed by atoms with Crippen LogP contribution in [-0.4, -0.2) is 71.8 Å². The van der Waals surface area contributed by atoms with Crippen LogP contribution >= 0.6 is 0 Å². The molecule has 41 heavy (non-hydrogen) atoms. The lowest BCUT2D eigenvalue weighted by atomic mass is 9.70. The van der Waals surface area contributed by atoms with Gasteiger partial charge in [-0.2, -0.15) is 0 Å². The minimum Gasteiger partial charge on any atom is -0.465 e. The van der Waals surface area contributed by atoms with E-state index in [1.54, 1.807) is 15.9 Å². The molecule has 3 fully saturated rings. The fourth-order valence-corrected chi connectivity index (χ4v) is 6.94. The maximum atomic E-state index is 14.6. The Hall–Kier alpha value is -2.97. The van der Waals surface area contributed by atoms with Gasteiger partial charge < -0.3 is 24.4 Å². The van der Waals surface area contributed by atoms with Crippen LogP contribution < -0.4 is 4.90 Å². The number of hydrogen-bond donors (Lipinski definition) is 1. The van der Waals surface area contributed by atoms with Gasteiger partial charge in [0.05, 0.1) is 24.5 Å². The second-order valence-electron chi connectivity index (χ2n) is 11.7. The lowest BCUT2D eigenvalue weighted by Crippen LogP contribution is -2.56. The summed E-state index contributed by atoms with van der Waals surface area (Å²) in [6, 6.07) is 5.15. The van der Waals surface area contributed by atoms with Crippen LogP contribution in [0.5, 0.6) is 0 Å². The van der Waals surface area contributed by atoms with Gasteiger partial charge >= 0.3 is 5.97 Å². The van der Waals surface area contributed by atoms with Crippen molar-refractivity contribution in [3.05, 3.63) is 54.6 Å². The Morgan fingerprint density at radius 3 is 2.66 bits per heavy atom. The predicted octanol–water partition coefficient (Wildman–Crippen LogP) is 4.65. The Bertz CT molecular complexity index is 1130. The van der Waals surface area contributed by atoms with Crippen molar-refractivity contribution >= 4 is 23.5 Å². The Morgan fingerprint density at radius 1 is 1.15 bits per heavy atom. The smallest absolute Gasteiger partial charge is 0.312 e. The van der Waals surface area contributed by atoms with Gasteiger partial charge in [0.15, 0.2) is 0 Å². The minimum absolute atomic E-state index is 0.133. The first kappa shape index (κ1) is 31.0. The highest BCUT2D eigenvalue weighted by molar-refractivity contribution is 6.05. The maximum Gasteiger partial charge on any atom is 0.312 e. The van der Waals surface area contributed by atoms with E-state index < -0.39 is 35.6 Å². The first-order valence-electron chi connectivity index (χ1n) is 15.2. The molecular formula is C33H46N2O6. The van der Waals surface area contributed by atoms with E-state index >= 15 is 0 Å². The molecule has 2 bridgehead atoms. The zero-order valence-corrected chi connectivity index (χ0v) is 24.7. The van der Waals surface area contributed by atoms with Gasteiger partial charge in [-0.15, -0.1) is 13.2 Å². The number of aryl methyl sites for hydroxylation is 2. The summed E-state index contributed by atoms with van der Waals surface area (Å²) in [5.41, 5.74) is 1.70. The van der Waals surface area contributed by atoms with Crippen LogP contribution in [0.25, 0.3) is 0 Å². The fourth-order valence-electron chi connectivity index (χ4n) is 6.94. The number of rotatable bonds is 16. The zero-order valence-electron chi connectivity index (χ0n) is 24.7. The number of nitrogens with zero attached hydrogens (tertiary/aromatic N) is 2. The summed E-state index contributed by atoms with van der Waals surface area (Å²) in [6.45, 7) is 12.7. The van der Waals surface area contributed by atoms with Crippen LogP contribution in [0.2, 0.25) is 0 Å². The van der Waals surface area contributed by atoms with Gasteiger partial charge in [0.25, 0.3) is 5.91 Å². The second-order valence-corrected chi connectivity index (χ2v) is 11.7. The van der Waals surface area contributed by atoms with Crippen molar-refractivity contribution < 1.29 is 29.0 Å². The van der Waals surface area contributed by atoms with E-state index in [2.05, 4.69) is 13.2 Å². The molecule has 3 aliphatic heterocycles. The molecular weight excluding hydrogens is 520 g/mol. The summed E-state index contributed by atoms with van der Waals surface area (Å²) in [4.78, 5) is 45.6. The van der Waals surface area contributed by atoms with Crippen LogP contribution in [-0.2, 0) is 23.9 Å². The lowest BCUT2D eigenvalue weighted by Gasteiger charge is -2.37. The molecule has 8 nitrogen and oxygen atoms in total. The lowest BCUT2D eigenvalue weighted by molar-refractivity contribution is -0.155. The highest BCUT2D eigenvalue weighted by Gasteiger charge is 2.75. The molecule has 0 saturated carbocycles. The maximum absolute atomic E-state index is 14.6. The Balaban J connectivity index is 1.65. The fraction of sp³-hybridized carbons (Fsp3) is 0.606. The van der Waals surface area contributed by atoms with Crippen molar-refractivity contribution in [3.8, 4) is 0 Å². The van der Waals surface area contributed by atoms with Gasteiger partial charge in [-0.25, -0.2) is 0 Å². The molecule has 4 rings (SSSR count). The standard InChI is InChI=1S/C33H46N2O6/c1-5-7-8-13-21-40-32(39)27-26-16-17-33(41-26)28(27)30(37)35(19-11-9-10-12-20-36)29(33)31(38)34(18-6-2)25-22-23(3)14-15-24(25)4/h5-6,14-15,22,26-29,36H,1-2,7-13,16-21H2,3-4H3/t26-,27+,28+,29?,33?/m1/s1. The molecule has 1 spiro atoms. The number of ether oxygens (including phenoxy) is 2. The highest BCUT2D eigenvalue weighted by atomic mass is 16.6. The van der Waals surface area contributed by atoms with Crippen molar-refractivity contribution in [1.29, 1.82) is 0 Å². The number of carbonyl (C=O) groups excluding carboxylic acids is 3. The number of likely N-dealkylation sites (tertiary alicyclic amines) is 1. The van der Waals surface area contributed by atoms with Gasteiger partial charge in [0.1, 0.15) is 11.6 Å². The molecule has 3 heterocycles. The zero-order chi connectivity index (χ0) is 29.6. The van der Waals surface area contributed by atoms with Gasteiger partial charge in [-0.3, -0.25) is 14.4 Å². The molecule has 2 unspecified atom stereocenters. The van der Waals surface area contributed by atoms with Crippen molar-refractivity contribution in [1.82, 2.24) is 4.90 Å². The first-order valence-corrected chi connectivity index (χ1v) is 15.2. The van der Waals surface area contributed by atoms with Crippen LogP contribution in [0.3, 0.4) is 0 Å². The summed E-state index contributed by atoms with van der Waals surface area (Å²) in [5, 5.41) is 9.17. The molecule has 1 aromatic carbocycles. The van der Waals surface area contributed by atoms with Crippen LogP contribution in [0.4, 0.5) is 5.69 Å². The number of hydrogen-bond acceptors (Lipinski definition) is 6. The number of aliphatic hydroxyl groups excluding tert-OH is 1. The van der Waals surface area contributed by atoms with E-state index in [1.807, 2.05) is 38.1 Å². The number of fused-ring (bicyclic) bond motifs is 1. The van der Waals surface area contributed by atoms with Crippen LogP contribution in [0.15, 0.2) is 43.5 Å². The number of amides is 2. The molecule has 2 amide bonds. The molecule has 0 aliphatic carbocycles. The Morgan fingerprint density at radius 2 is 1.93 bits per heavy atom. The molecule has 1 aromatic rings. The normalized spacial score (nSPS) is 26.2.